The average molecular weight is 328 g/mol. The van der Waals surface area contributed by atoms with E-state index in [-0.39, 0.29) is 19.2 Å². The lowest BCUT2D eigenvalue weighted by Crippen LogP contribution is -2.44. The summed E-state index contributed by atoms with van der Waals surface area (Å²) in [6.07, 6.45) is 3.25. The molecule has 3 rings (SSSR count). The van der Waals surface area contributed by atoms with Crippen LogP contribution in [-0.2, 0) is 4.74 Å². The number of esters is 1. The Balaban J connectivity index is 1.51. The zero-order chi connectivity index (χ0) is 16.6. The molecule has 0 spiro atoms. The number of benzene rings is 1. The van der Waals surface area contributed by atoms with Gasteiger partial charge < -0.3 is 19.7 Å². The van der Waals surface area contributed by atoms with Gasteiger partial charge in [0.2, 0.25) is 0 Å². The quantitative estimate of drug-likeness (QED) is 0.629. The lowest BCUT2D eigenvalue weighted by atomic mass is 10.2. The Morgan fingerprint density at radius 2 is 1.83 bits per heavy atom. The van der Waals surface area contributed by atoms with E-state index in [1.807, 2.05) is 6.07 Å². The van der Waals surface area contributed by atoms with Crippen LogP contribution in [0.25, 0.3) is 0 Å². The van der Waals surface area contributed by atoms with E-state index in [2.05, 4.69) is 20.2 Å². The van der Waals surface area contributed by atoms with E-state index in [1.165, 1.54) is 0 Å². The first-order chi connectivity index (χ1) is 11.8. The molecule has 1 aromatic heterocycles. The molecule has 1 fully saturated rings. The maximum atomic E-state index is 11.8. The lowest BCUT2D eigenvalue weighted by Gasteiger charge is -2.28. The predicted octanol–water partition coefficient (Wildman–Crippen LogP) is 1.12. The average Bonchev–Trinajstić information content (AvgIpc) is 2.67. The van der Waals surface area contributed by atoms with E-state index < -0.39 is 0 Å². The van der Waals surface area contributed by atoms with Crippen molar-refractivity contribution >= 4 is 11.8 Å². The molecule has 0 unspecified atom stereocenters. The van der Waals surface area contributed by atoms with Crippen molar-refractivity contribution in [1.29, 1.82) is 0 Å². The first kappa shape index (κ1) is 16.2. The normalized spacial score (nSPS) is 14.2. The van der Waals surface area contributed by atoms with Crippen molar-refractivity contribution in [3.63, 3.8) is 0 Å². The minimum atomic E-state index is -0.360. The van der Waals surface area contributed by atoms with Crippen molar-refractivity contribution in [1.82, 2.24) is 15.3 Å². The van der Waals surface area contributed by atoms with E-state index in [0.717, 1.165) is 32.0 Å². The fourth-order valence-electron chi connectivity index (χ4n) is 2.44. The third-order valence-electron chi connectivity index (χ3n) is 3.63. The van der Waals surface area contributed by atoms with Crippen LogP contribution in [0.1, 0.15) is 10.4 Å². The van der Waals surface area contributed by atoms with Crippen LogP contribution in [0.5, 0.6) is 5.88 Å². The molecular formula is C17H20N4O3. The monoisotopic (exact) mass is 328 g/mol. The van der Waals surface area contributed by atoms with Crippen LogP contribution in [0.3, 0.4) is 0 Å². The van der Waals surface area contributed by atoms with E-state index in [1.54, 1.807) is 36.7 Å². The molecular weight excluding hydrogens is 308 g/mol. The molecule has 0 radical (unpaired) electrons. The lowest BCUT2D eigenvalue weighted by molar-refractivity contribution is 0.0448. The molecule has 24 heavy (non-hydrogen) atoms. The summed E-state index contributed by atoms with van der Waals surface area (Å²) in [5.74, 6) is 0.837. The fourth-order valence-corrected chi connectivity index (χ4v) is 2.44. The summed E-state index contributed by atoms with van der Waals surface area (Å²) in [7, 11) is 0. The molecule has 0 amide bonds. The van der Waals surface area contributed by atoms with Crippen molar-refractivity contribution in [2.24, 2.45) is 0 Å². The fraction of sp³-hybridized carbons (Fsp3) is 0.353. The van der Waals surface area contributed by atoms with Gasteiger partial charge in [0.15, 0.2) is 5.82 Å². The number of aromatic nitrogens is 2. The van der Waals surface area contributed by atoms with Gasteiger partial charge in [-0.1, -0.05) is 18.2 Å². The van der Waals surface area contributed by atoms with Crippen molar-refractivity contribution in [2.75, 3.05) is 44.3 Å². The number of nitrogens with zero attached hydrogens (tertiary/aromatic N) is 3. The van der Waals surface area contributed by atoms with Gasteiger partial charge in [0.1, 0.15) is 13.2 Å². The molecule has 1 aromatic carbocycles. The van der Waals surface area contributed by atoms with Gasteiger partial charge in [0.05, 0.1) is 5.56 Å². The Morgan fingerprint density at radius 3 is 2.62 bits per heavy atom. The molecule has 0 bridgehead atoms. The number of ether oxygens (including phenoxy) is 2. The van der Waals surface area contributed by atoms with Gasteiger partial charge in [0, 0.05) is 38.6 Å². The Morgan fingerprint density at radius 1 is 1.08 bits per heavy atom. The van der Waals surface area contributed by atoms with Crippen LogP contribution in [0, 0.1) is 0 Å². The summed E-state index contributed by atoms with van der Waals surface area (Å²) in [4.78, 5) is 22.6. The summed E-state index contributed by atoms with van der Waals surface area (Å²) in [5, 5.41) is 3.30. The van der Waals surface area contributed by atoms with E-state index in [9.17, 15) is 4.79 Å². The second-order valence-corrected chi connectivity index (χ2v) is 5.27. The van der Waals surface area contributed by atoms with Crippen molar-refractivity contribution in [3.8, 4) is 5.88 Å². The first-order valence-corrected chi connectivity index (χ1v) is 7.96. The molecule has 0 saturated carbocycles. The van der Waals surface area contributed by atoms with E-state index >= 15 is 0 Å². The first-order valence-electron chi connectivity index (χ1n) is 7.96. The summed E-state index contributed by atoms with van der Waals surface area (Å²) >= 11 is 0. The molecule has 0 atom stereocenters. The Bertz CT molecular complexity index is 660. The number of hydrogen-bond donors (Lipinski definition) is 1. The van der Waals surface area contributed by atoms with E-state index in [0.29, 0.717) is 11.4 Å². The van der Waals surface area contributed by atoms with Gasteiger partial charge in [-0.25, -0.2) is 14.8 Å². The second kappa shape index (κ2) is 8.26. The van der Waals surface area contributed by atoms with Gasteiger partial charge in [-0.2, -0.15) is 0 Å². The smallest absolute Gasteiger partial charge is 0.338 e. The van der Waals surface area contributed by atoms with Gasteiger partial charge in [-0.05, 0) is 12.1 Å². The molecule has 7 heteroatoms. The zero-order valence-corrected chi connectivity index (χ0v) is 13.4. The van der Waals surface area contributed by atoms with Crippen LogP contribution < -0.4 is 15.0 Å². The SMILES string of the molecule is O=C(OCCOc1nccnc1N1CCNCC1)c1ccccc1. The topological polar surface area (TPSA) is 76.6 Å². The minimum Gasteiger partial charge on any atom is -0.471 e. The van der Waals surface area contributed by atoms with Crippen molar-refractivity contribution < 1.29 is 14.3 Å². The Hall–Kier alpha value is -2.67. The number of nitrogens with one attached hydrogen (secondary N) is 1. The molecule has 0 aliphatic carbocycles. The highest BCUT2D eigenvalue weighted by Crippen LogP contribution is 2.22. The van der Waals surface area contributed by atoms with Crippen LogP contribution in [-0.4, -0.2) is 55.3 Å². The number of anilines is 1. The van der Waals surface area contributed by atoms with Gasteiger partial charge in [-0.15, -0.1) is 0 Å². The predicted molar refractivity (Wildman–Crippen MR) is 89.3 cm³/mol. The molecule has 1 N–H and O–H groups in total. The number of carbonyl (C=O) groups excluding carboxylic acids is 1. The number of carbonyl (C=O) groups is 1. The molecule has 1 saturated heterocycles. The minimum absolute atomic E-state index is 0.158. The molecule has 1 aliphatic rings. The van der Waals surface area contributed by atoms with Crippen LogP contribution in [0.15, 0.2) is 42.7 Å². The van der Waals surface area contributed by atoms with Crippen LogP contribution >= 0.6 is 0 Å². The molecule has 126 valence electrons. The summed E-state index contributed by atoms with van der Waals surface area (Å²) in [5.41, 5.74) is 0.526. The van der Waals surface area contributed by atoms with Gasteiger partial charge >= 0.3 is 5.97 Å². The standard InChI is InChI=1S/C17H20N4O3/c22-17(14-4-2-1-3-5-14)24-13-12-23-16-15(19-6-7-20-16)21-10-8-18-9-11-21/h1-7,18H,8-13H2. The largest absolute Gasteiger partial charge is 0.471 e. The molecule has 2 heterocycles. The van der Waals surface area contributed by atoms with Crippen molar-refractivity contribution in [2.45, 2.75) is 0 Å². The highest BCUT2D eigenvalue weighted by Gasteiger charge is 2.17. The van der Waals surface area contributed by atoms with Crippen LogP contribution in [0.2, 0.25) is 0 Å². The number of rotatable bonds is 6. The van der Waals surface area contributed by atoms with Gasteiger partial charge in [-0.3, -0.25) is 0 Å². The highest BCUT2D eigenvalue weighted by molar-refractivity contribution is 5.89. The Kier molecular flexibility index (Phi) is 5.57. The Labute approximate surface area is 140 Å². The molecule has 7 nitrogen and oxygen atoms in total. The molecule has 1 aliphatic heterocycles. The van der Waals surface area contributed by atoms with Crippen molar-refractivity contribution in [3.05, 3.63) is 48.3 Å². The molecule has 2 aromatic rings. The zero-order valence-electron chi connectivity index (χ0n) is 13.4. The van der Waals surface area contributed by atoms with Gasteiger partial charge in [0.25, 0.3) is 5.88 Å². The third kappa shape index (κ3) is 4.20. The maximum Gasteiger partial charge on any atom is 0.338 e. The maximum absolute atomic E-state index is 11.8. The summed E-state index contributed by atoms with van der Waals surface area (Å²) in [6.45, 7) is 3.92. The number of hydrogen-bond acceptors (Lipinski definition) is 7. The van der Waals surface area contributed by atoms with E-state index in [4.69, 9.17) is 9.47 Å². The second-order valence-electron chi connectivity index (χ2n) is 5.27. The summed E-state index contributed by atoms with van der Waals surface area (Å²) < 4.78 is 10.9. The third-order valence-corrected chi connectivity index (χ3v) is 3.63. The van der Waals surface area contributed by atoms with Crippen LogP contribution in [0.4, 0.5) is 5.82 Å². The summed E-state index contributed by atoms with van der Waals surface area (Å²) in [6, 6.07) is 8.88. The highest BCUT2D eigenvalue weighted by atomic mass is 16.6. The number of piperazine rings is 1.